The summed E-state index contributed by atoms with van der Waals surface area (Å²) in [5, 5.41) is 3.88. The average Bonchev–Trinajstić information content (AvgIpc) is 3.45. The summed E-state index contributed by atoms with van der Waals surface area (Å²) in [6, 6.07) is 9.68. The number of hydrogen-bond acceptors (Lipinski definition) is 4. The van der Waals surface area contributed by atoms with Crippen LogP contribution in [0.1, 0.15) is 63.4 Å². The Kier molecular flexibility index (Phi) is 7.27. The van der Waals surface area contributed by atoms with Gasteiger partial charge in [-0.15, -0.1) is 0 Å². The normalized spacial score (nSPS) is 23.3. The van der Waals surface area contributed by atoms with Crippen LogP contribution in [0.3, 0.4) is 0 Å². The van der Waals surface area contributed by atoms with E-state index in [2.05, 4.69) is 34.5 Å². The minimum Gasteiger partial charge on any atom is -0.494 e. The van der Waals surface area contributed by atoms with E-state index in [4.69, 9.17) is 9.47 Å². The summed E-state index contributed by atoms with van der Waals surface area (Å²) >= 11 is 0. The fourth-order valence-corrected chi connectivity index (χ4v) is 5.19. The average molecular weight is 387 g/mol. The molecule has 2 saturated heterocycles. The summed E-state index contributed by atoms with van der Waals surface area (Å²) in [5.41, 5.74) is 1.67. The Morgan fingerprint density at radius 1 is 1.00 bits per heavy atom. The lowest BCUT2D eigenvalue weighted by Crippen LogP contribution is -2.45. The van der Waals surface area contributed by atoms with E-state index in [1.165, 1.54) is 63.7 Å². The summed E-state index contributed by atoms with van der Waals surface area (Å²) in [5.74, 6) is 1.01. The Morgan fingerprint density at radius 3 is 2.43 bits per heavy atom. The van der Waals surface area contributed by atoms with E-state index in [1.807, 2.05) is 0 Å². The second-order valence-electron chi connectivity index (χ2n) is 9.03. The quantitative estimate of drug-likeness (QED) is 0.647. The lowest BCUT2D eigenvalue weighted by Gasteiger charge is -2.39. The van der Waals surface area contributed by atoms with Gasteiger partial charge in [0.25, 0.3) is 0 Å². The molecular formula is C24H38N2O2. The van der Waals surface area contributed by atoms with Crippen molar-refractivity contribution in [1.29, 1.82) is 0 Å². The summed E-state index contributed by atoms with van der Waals surface area (Å²) in [6.07, 6.45) is 11.5. The number of rotatable bonds is 9. The first-order valence-electron chi connectivity index (χ1n) is 11.6. The molecule has 1 N–H and O–H groups in total. The molecule has 4 heteroatoms. The largest absolute Gasteiger partial charge is 0.494 e. The van der Waals surface area contributed by atoms with Crippen LogP contribution in [0.25, 0.3) is 0 Å². The SMILES string of the molecule is c1cc(C2(CNC3CCCC3)CCOCC2)ccc1OCCCN1CCCC1. The van der Waals surface area contributed by atoms with Gasteiger partial charge in [-0.1, -0.05) is 25.0 Å². The zero-order chi connectivity index (χ0) is 19.1. The highest BCUT2D eigenvalue weighted by Gasteiger charge is 2.35. The van der Waals surface area contributed by atoms with Crippen LogP contribution >= 0.6 is 0 Å². The molecule has 28 heavy (non-hydrogen) atoms. The van der Waals surface area contributed by atoms with Crippen molar-refractivity contribution in [2.45, 2.75) is 69.2 Å². The maximum absolute atomic E-state index is 6.02. The molecular weight excluding hydrogens is 348 g/mol. The van der Waals surface area contributed by atoms with Gasteiger partial charge in [-0.05, 0) is 75.7 Å². The van der Waals surface area contributed by atoms with Gasteiger partial charge in [0.15, 0.2) is 0 Å². The zero-order valence-electron chi connectivity index (χ0n) is 17.5. The highest BCUT2D eigenvalue weighted by Crippen LogP contribution is 2.35. The molecule has 0 bridgehead atoms. The van der Waals surface area contributed by atoms with Crippen molar-refractivity contribution < 1.29 is 9.47 Å². The maximum atomic E-state index is 6.02. The maximum Gasteiger partial charge on any atom is 0.119 e. The second-order valence-corrected chi connectivity index (χ2v) is 9.03. The zero-order valence-corrected chi connectivity index (χ0v) is 17.5. The number of nitrogens with one attached hydrogen (secondary N) is 1. The minimum atomic E-state index is 0.217. The van der Waals surface area contributed by atoms with Gasteiger partial charge in [0.05, 0.1) is 6.61 Å². The van der Waals surface area contributed by atoms with Gasteiger partial charge in [0.1, 0.15) is 5.75 Å². The van der Waals surface area contributed by atoms with Crippen molar-refractivity contribution in [3.63, 3.8) is 0 Å². The lowest BCUT2D eigenvalue weighted by molar-refractivity contribution is 0.0489. The van der Waals surface area contributed by atoms with Gasteiger partial charge in [-0.2, -0.15) is 0 Å². The van der Waals surface area contributed by atoms with Crippen LogP contribution in [-0.2, 0) is 10.2 Å². The van der Waals surface area contributed by atoms with E-state index in [0.29, 0.717) is 0 Å². The molecule has 3 aliphatic rings. The monoisotopic (exact) mass is 386 g/mol. The second kappa shape index (κ2) is 10.1. The fourth-order valence-electron chi connectivity index (χ4n) is 5.19. The van der Waals surface area contributed by atoms with Crippen LogP contribution in [0.4, 0.5) is 0 Å². The molecule has 2 heterocycles. The van der Waals surface area contributed by atoms with Gasteiger partial charge in [-0.3, -0.25) is 0 Å². The lowest BCUT2D eigenvalue weighted by atomic mass is 9.74. The van der Waals surface area contributed by atoms with Gasteiger partial charge in [0.2, 0.25) is 0 Å². The summed E-state index contributed by atoms with van der Waals surface area (Å²) < 4.78 is 11.7. The molecule has 0 spiro atoms. The predicted octanol–water partition coefficient (Wildman–Crippen LogP) is 4.13. The highest BCUT2D eigenvalue weighted by atomic mass is 16.5. The Morgan fingerprint density at radius 2 is 1.71 bits per heavy atom. The predicted molar refractivity (Wildman–Crippen MR) is 114 cm³/mol. The van der Waals surface area contributed by atoms with Crippen LogP contribution in [0.5, 0.6) is 5.75 Å². The Hall–Kier alpha value is -1.10. The molecule has 0 unspecified atom stereocenters. The van der Waals surface area contributed by atoms with Gasteiger partial charge < -0.3 is 19.7 Å². The van der Waals surface area contributed by atoms with Crippen molar-refractivity contribution in [3.05, 3.63) is 29.8 Å². The molecule has 1 aliphatic carbocycles. The van der Waals surface area contributed by atoms with Crippen LogP contribution in [-0.4, -0.2) is 56.9 Å². The molecule has 4 nitrogen and oxygen atoms in total. The van der Waals surface area contributed by atoms with Crippen molar-refractivity contribution in [3.8, 4) is 5.75 Å². The third kappa shape index (κ3) is 5.28. The van der Waals surface area contributed by atoms with Crippen LogP contribution in [0, 0.1) is 0 Å². The molecule has 1 aromatic carbocycles. The first-order valence-corrected chi connectivity index (χ1v) is 11.6. The van der Waals surface area contributed by atoms with E-state index in [9.17, 15) is 0 Å². The van der Waals surface area contributed by atoms with Crippen molar-refractivity contribution >= 4 is 0 Å². The van der Waals surface area contributed by atoms with Crippen LogP contribution in [0.2, 0.25) is 0 Å². The van der Waals surface area contributed by atoms with Crippen LogP contribution in [0.15, 0.2) is 24.3 Å². The van der Waals surface area contributed by atoms with E-state index >= 15 is 0 Å². The fraction of sp³-hybridized carbons (Fsp3) is 0.750. The first kappa shape index (κ1) is 20.2. The molecule has 4 rings (SSSR count). The summed E-state index contributed by atoms with van der Waals surface area (Å²) in [7, 11) is 0. The van der Waals surface area contributed by atoms with Crippen molar-refractivity contribution in [1.82, 2.24) is 10.2 Å². The first-order chi connectivity index (χ1) is 13.8. The van der Waals surface area contributed by atoms with Gasteiger partial charge in [-0.25, -0.2) is 0 Å². The number of nitrogens with zero attached hydrogens (tertiary/aromatic N) is 1. The number of hydrogen-bond donors (Lipinski definition) is 1. The Labute approximate surface area is 171 Å². The topological polar surface area (TPSA) is 33.7 Å². The van der Waals surface area contributed by atoms with Gasteiger partial charge in [0, 0.05) is 37.8 Å². The molecule has 0 amide bonds. The molecule has 156 valence electrons. The third-order valence-electron chi connectivity index (χ3n) is 7.09. The summed E-state index contributed by atoms with van der Waals surface area (Å²) in [4.78, 5) is 2.55. The number of benzene rings is 1. The Bertz CT molecular complexity index is 571. The van der Waals surface area contributed by atoms with Crippen LogP contribution < -0.4 is 10.1 Å². The van der Waals surface area contributed by atoms with E-state index < -0.39 is 0 Å². The third-order valence-corrected chi connectivity index (χ3v) is 7.09. The van der Waals surface area contributed by atoms with Crippen molar-refractivity contribution in [2.75, 3.05) is 46.0 Å². The molecule has 1 aromatic rings. The molecule has 0 radical (unpaired) electrons. The molecule has 2 aliphatic heterocycles. The molecule has 0 aromatic heterocycles. The van der Waals surface area contributed by atoms with Gasteiger partial charge >= 0.3 is 0 Å². The summed E-state index contributed by atoms with van der Waals surface area (Å²) in [6.45, 7) is 7.37. The molecule has 3 fully saturated rings. The van der Waals surface area contributed by atoms with Crippen molar-refractivity contribution in [2.24, 2.45) is 0 Å². The number of ether oxygens (including phenoxy) is 2. The molecule has 1 saturated carbocycles. The highest BCUT2D eigenvalue weighted by molar-refractivity contribution is 5.33. The van der Waals surface area contributed by atoms with E-state index in [-0.39, 0.29) is 5.41 Å². The standard InChI is InChI=1S/C24H38N2O2/c1-2-7-22(6-1)25-20-24(12-18-27-19-13-24)21-8-10-23(11-9-21)28-17-5-16-26-14-3-4-15-26/h8-11,22,25H,1-7,12-20H2. The van der Waals surface area contributed by atoms with E-state index in [1.54, 1.807) is 0 Å². The smallest absolute Gasteiger partial charge is 0.119 e. The van der Waals surface area contributed by atoms with E-state index in [0.717, 1.165) is 57.4 Å². The minimum absolute atomic E-state index is 0.217. The Balaban J connectivity index is 1.30. The molecule has 0 atom stereocenters. The number of likely N-dealkylation sites (tertiary alicyclic amines) is 1.